The van der Waals surface area contributed by atoms with Crippen molar-refractivity contribution in [1.82, 2.24) is 0 Å². The zero-order chi connectivity index (χ0) is 13.8. The van der Waals surface area contributed by atoms with Gasteiger partial charge >= 0.3 is 122 Å². The Morgan fingerprint density at radius 1 is 0.750 bits per heavy atom. The third kappa shape index (κ3) is 2.60. The van der Waals surface area contributed by atoms with Crippen LogP contribution < -0.4 is 8.79 Å². The molecule has 0 saturated heterocycles. The topological polar surface area (TPSA) is 30.2 Å². The summed E-state index contributed by atoms with van der Waals surface area (Å²) in [6.45, 7) is 0. The molecule has 0 aliphatic heterocycles. The van der Waals surface area contributed by atoms with Crippen molar-refractivity contribution in [3.8, 4) is 0 Å². The molecule has 3 aromatic rings. The average molecular weight is 322 g/mol. The third-order valence-electron chi connectivity index (χ3n) is 3.10. The van der Waals surface area contributed by atoms with E-state index in [0.29, 0.717) is 5.76 Å². The van der Waals surface area contributed by atoms with Crippen LogP contribution in [0.1, 0.15) is 10.6 Å². The van der Waals surface area contributed by atoms with E-state index in [4.69, 9.17) is 4.42 Å². The molecule has 0 aliphatic carbocycles. The number of hydrogen-bond acceptors (Lipinski definition) is 2. The van der Waals surface area contributed by atoms with Gasteiger partial charge < -0.3 is 0 Å². The van der Waals surface area contributed by atoms with Crippen molar-refractivity contribution in [2.75, 3.05) is 0 Å². The molecular formula is C17H13GeO2. The zero-order valence-electron chi connectivity index (χ0n) is 10.8. The molecule has 3 rings (SSSR count). The van der Waals surface area contributed by atoms with Gasteiger partial charge in [0.05, 0.1) is 0 Å². The first-order valence-electron chi connectivity index (χ1n) is 6.42. The molecule has 0 atom stereocenters. The maximum atomic E-state index is 12.8. The fourth-order valence-corrected chi connectivity index (χ4v) is 6.99. The maximum absolute atomic E-state index is 12.8. The number of hydrogen-bond donors (Lipinski definition) is 0. The summed E-state index contributed by atoms with van der Waals surface area (Å²) in [6, 6.07) is 23.6. The van der Waals surface area contributed by atoms with Gasteiger partial charge in [-0.25, -0.2) is 0 Å². The Hall–Kier alpha value is -2.07. The Morgan fingerprint density at radius 2 is 1.30 bits per heavy atom. The summed E-state index contributed by atoms with van der Waals surface area (Å²) in [5.74, 6) is 0.465. The van der Waals surface area contributed by atoms with Crippen LogP contribution in [0.4, 0.5) is 0 Å². The van der Waals surface area contributed by atoms with Gasteiger partial charge in [0, 0.05) is 0 Å². The molecule has 0 saturated carbocycles. The van der Waals surface area contributed by atoms with E-state index in [2.05, 4.69) is 0 Å². The van der Waals surface area contributed by atoms with Gasteiger partial charge in [-0.05, 0) is 0 Å². The summed E-state index contributed by atoms with van der Waals surface area (Å²) < 4.78 is 7.74. The van der Waals surface area contributed by atoms with Gasteiger partial charge in [-0.3, -0.25) is 0 Å². The van der Waals surface area contributed by atoms with Crippen molar-refractivity contribution in [2.45, 2.75) is 0 Å². The Morgan fingerprint density at radius 3 is 1.75 bits per heavy atom. The van der Waals surface area contributed by atoms with Gasteiger partial charge in [0.2, 0.25) is 0 Å². The van der Waals surface area contributed by atoms with Gasteiger partial charge in [-0.2, -0.15) is 0 Å². The second-order valence-corrected chi connectivity index (χ2v) is 9.36. The summed E-state index contributed by atoms with van der Waals surface area (Å²) in [5.41, 5.74) is 0. The van der Waals surface area contributed by atoms with E-state index >= 15 is 0 Å². The summed E-state index contributed by atoms with van der Waals surface area (Å²) in [6.07, 6.45) is 1.55. The summed E-state index contributed by atoms with van der Waals surface area (Å²) in [5, 5.41) is 0. The number of carbonyl (C=O) groups excluding carboxylic acids is 1. The molecule has 97 valence electrons. The summed E-state index contributed by atoms with van der Waals surface area (Å²) in [4.78, 5) is 12.8. The van der Waals surface area contributed by atoms with E-state index in [1.54, 1.807) is 18.4 Å². The third-order valence-corrected chi connectivity index (χ3v) is 8.39. The number of furan rings is 1. The zero-order valence-corrected chi connectivity index (χ0v) is 12.9. The predicted octanol–water partition coefficient (Wildman–Crippen LogP) is 2.31. The molecule has 2 aromatic carbocycles. The summed E-state index contributed by atoms with van der Waals surface area (Å²) in [7, 11) is 0. The molecule has 0 N–H and O–H groups in total. The van der Waals surface area contributed by atoms with Gasteiger partial charge in [-0.1, -0.05) is 0 Å². The van der Waals surface area contributed by atoms with Crippen LogP contribution in [0.3, 0.4) is 0 Å². The molecule has 1 radical (unpaired) electrons. The van der Waals surface area contributed by atoms with Crippen molar-refractivity contribution >= 4 is 27.8 Å². The van der Waals surface area contributed by atoms with Crippen molar-refractivity contribution in [2.24, 2.45) is 0 Å². The molecule has 2 nitrogen and oxygen atoms in total. The monoisotopic (exact) mass is 323 g/mol. The fraction of sp³-hybridized carbons (Fsp3) is 0. The molecule has 20 heavy (non-hydrogen) atoms. The molecule has 0 unspecified atom stereocenters. The Bertz CT molecular complexity index is 636. The van der Waals surface area contributed by atoms with Gasteiger partial charge in [0.25, 0.3) is 0 Å². The Balaban J connectivity index is 2.07. The fourth-order valence-electron chi connectivity index (χ4n) is 2.17. The van der Waals surface area contributed by atoms with Crippen LogP contribution in [0.5, 0.6) is 0 Å². The van der Waals surface area contributed by atoms with Crippen LogP contribution in [0.2, 0.25) is 0 Å². The Labute approximate surface area is 122 Å². The SMILES string of the molecule is O=[C](c1ccco1)[Ge]([c]1ccccc1)[c]1ccccc1. The van der Waals surface area contributed by atoms with Crippen LogP contribution in [0.25, 0.3) is 0 Å². The van der Waals surface area contributed by atoms with Crippen molar-refractivity contribution in [3.63, 3.8) is 0 Å². The number of benzene rings is 2. The molecular weight excluding hydrogens is 309 g/mol. The first-order chi connectivity index (χ1) is 9.86. The number of carbonyl (C=O) groups is 1. The average Bonchev–Trinajstić information content (AvgIpc) is 3.04. The molecule has 0 spiro atoms. The standard InChI is InChI=1S/C17H13GeO2/c19-17(16-12-7-13-20-16)18(14-8-3-1-4-9-14)15-10-5-2-6-11-15/h1-13H. The molecule has 0 amide bonds. The van der Waals surface area contributed by atoms with Crippen molar-refractivity contribution in [3.05, 3.63) is 84.8 Å². The van der Waals surface area contributed by atoms with Crippen LogP contribution in [0.15, 0.2) is 83.5 Å². The molecule has 3 heteroatoms. The minimum atomic E-state index is -2.30. The quantitative estimate of drug-likeness (QED) is 0.690. The van der Waals surface area contributed by atoms with Crippen LogP contribution in [0, 0.1) is 0 Å². The van der Waals surface area contributed by atoms with Crippen LogP contribution >= 0.6 is 0 Å². The van der Waals surface area contributed by atoms with Crippen LogP contribution in [-0.4, -0.2) is 19.0 Å². The first-order valence-corrected chi connectivity index (χ1v) is 9.57. The van der Waals surface area contributed by atoms with E-state index in [-0.39, 0.29) is 4.62 Å². The predicted molar refractivity (Wildman–Crippen MR) is 80.9 cm³/mol. The molecule has 0 bridgehead atoms. The van der Waals surface area contributed by atoms with Crippen molar-refractivity contribution in [1.29, 1.82) is 0 Å². The second kappa shape index (κ2) is 5.93. The van der Waals surface area contributed by atoms with Gasteiger partial charge in [0.15, 0.2) is 0 Å². The summed E-state index contributed by atoms with van der Waals surface area (Å²) >= 11 is -2.30. The molecule has 1 aromatic heterocycles. The number of rotatable bonds is 4. The molecule has 0 aliphatic rings. The van der Waals surface area contributed by atoms with Gasteiger partial charge in [-0.15, -0.1) is 0 Å². The Kier molecular flexibility index (Phi) is 3.83. The minimum absolute atomic E-state index is 0.146. The van der Waals surface area contributed by atoms with E-state index in [9.17, 15) is 4.79 Å². The normalized spacial score (nSPS) is 10.7. The van der Waals surface area contributed by atoms with E-state index in [1.165, 1.54) is 0 Å². The first kappa shape index (κ1) is 12.9. The van der Waals surface area contributed by atoms with Gasteiger partial charge in [0.1, 0.15) is 0 Å². The van der Waals surface area contributed by atoms with E-state index in [1.807, 2.05) is 60.7 Å². The van der Waals surface area contributed by atoms with E-state index < -0.39 is 14.3 Å². The molecule has 0 fully saturated rings. The molecule has 1 heterocycles. The van der Waals surface area contributed by atoms with Crippen LogP contribution in [-0.2, 0) is 0 Å². The van der Waals surface area contributed by atoms with E-state index in [0.717, 1.165) is 8.79 Å². The second-order valence-electron chi connectivity index (χ2n) is 4.41. The van der Waals surface area contributed by atoms with Crippen molar-refractivity contribution < 1.29 is 9.21 Å².